The molecule has 0 bridgehead atoms. The molecule has 0 aliphatic carbocycles. The van der Waals surface area contributed by atoms with Crippen LogP contribution >= 0.6 is 0 Å². The molecule has 1 atom stereocenters. The summed E-state index contributed by atoms with van der Waals surface area (Å²) in [4.78, 5) is 24.9. The summed E-state index contributed by atoms with van der Waals surface area (Å²) in [5.41, 5.74) is 6.87. The van der Waals surface area contributed by atoms with Crippen molar-refractivity contribution >= 4 is 0 Å². The molecule has 0 saturated carbocycles. The third kappa shape index (κ3) is 6.24. The van der Waals surface area contributed by atoms with Crippen LogP contribution < -0.4 is 20.9 Å². The zero-order valence-corrected chi connectivity index (χ0v) is 21.9. The number of benzene rings is 3. The first-order chi connectivity index (χ1) is 18.3. The fraction of sp³-hybridized carbons (Fsp3) is 0.310. The predicted molar refractivity (Wildman–Crippen MR) is 143 cm³/mol. The number of ether oxygens (including phenoxy) is 3. The SMILES string of the molecule is CO[C@@H](CO)COc1cc(C)c(-c2cccc(COc3ccc(Cn4oc(=O)[nH]c4=O)cc3)c2C)c(C)c1. The van der Waals surface area contributed by atoms with E-state index >= 15 is 0 Å². The predicted octanol–water partition coefficient (Wildman–Crippen LogP) is 3.74. The number of aromatic nitrogens is 2. The van der Waals surface area contributed by atoms with E-state index in [1.807, 2.05) is 42.5 Å². The minimum atomic E-state index is -0.777. The van der Waals surface area contributed by atoms with Gasteiger partial charge < -0.3 is 23.8 Å². The Labute approximate surface area is 220 Å². The second kappa shape index (κ2) is 12.0. The van der Waals surface area contributed by atoms with Crippen molar-refractivity contribution in [2.24, 2.45) is 0 Å². The molecule has 200 valence electrons. The van der Waals surface area contributed by atoms with E-state index in [2.05, 4.69) is 37.9 Å². The molecular formula is C29H32N2O7. The van der Waals surface area contributed by atoms with Crippen LogP contribution in [0.5, 0.6) is 11.5 Å². The van der Waals surface area contributed by atoms with E-state index < -0.39 is 11.4 Å². The lowest BCUT2D eigenvalue weighted by Crippen LogP contribution is -2.24. The topological polar surface area (TPSA) is 116 Å². The van der Waals surface area contributed by atoms with Crippen molar-refractivity contribution in [3.63, 3.8) is 0 Å². The van der Waals surface area contributed by atoms with Crippen molar-refractivity contribution in [2.75, 3.05) is 20.3 Å². The summed E-state index contributed by atoms with van der Waals surface area (Å²) >= 11 is 0. The van der Waals surface area contributed by atoms with Crippen LogP contribution in [0.4, 0.5) is 0 Å². The van der Waals surface area contributed by atoms with Crippen LogP contribution in [-0.4, -0.2) is 41.3 Å². The van der Waals surface area contributed by atoms with E-state index in [0.717, 1.165) is 49.4 Å². The van der Waals surface area contributed by atoms with Crippen LogP contribution in [0.2, 0.25) is 0 Å². The van der Waals surface area contributed by atoms with Crippen LogP contribution in [0, 0.1) is 20.8 Å². The van der Waals surface area contributed by atoms with Gasteiger partial charge in [0.25, 0.3) is 0 Å². The van der Waals surface area contributed by atoms with Gasteiger partial charge in [-0.25, -0.2) is 14.6 Å². The molecule has 2 N–H and O–H groups in total. The highest BCUT2D eigenvalue weighted by Gasteiger charge is 2.14. The Morgan fingerprint density at radius 2 is 1.68 bits per heavy atom. The summed E-state index contributed by atoms with van der Waals surface area (Å²) < 4.78 is 22.9. The molecule has 4 rings (SSSR count). The first-order valence-corrected chi connectivity index (χ1v) is 12.3. The number of rotatable bonds is 11. The quantitative estimate of drug-likeness (QED) is 0.310. The lowest BCUT2D eigenvalue weighted by molar-refractivity contribution is 0.0164. The zero-order valence-electron chi connectivity index (χ0n) is 21.9. The van der Waals surface area contributed by atoms with E-state index in [4.69, 9.17) is 18.7 Å². The summed E-state index contributed by atoms with van der Waals surface area (Å²) in [6.45, 7) is 6.93. The molecule has 1 heterocycles. The highest BCUT2D eigenvalue weighted by molar-refractivity contribution is 5.75. The fourth-order valence-corrected chi connectivity index (χ4v) is 4.36. The lowest BCUT2D eigenvalue weighted by Gasteiger charge is -2.19. The maximum Gasteiger partial charge on any atom is 0.440 e. The van der Waals surface area contributed by atoms with Crippen LogP contribution in [0.25, 0.3) is 11.1 Å². The summed E-state index contributed by atoms with van der Waals surface area (Å²) in [6, 6.07) is 17.5. The van der Waals surface area contributed by atoms with Crippen molar-refractivity contribution < 1.29 is 23.8 Å². The molecule has 0 fully saturated rings. The number of H-pyrrole nitrogens is 1. The van der Waals surface area contributed by atoms with Gasteiger partial charge in [0.15, 0.2) is 0 Å². The molecule has 3 aromatic carbocycles. The average Bonchev–Trinajstić information content (AvgIpc) is 3.21. The molecule has 0 aliphatic rings. The van der Waals surface area contributed by atoms with Gasteiger partial charge >= 0.3 is 11.4 Å². The molecule has 1 aromatic heterocycles. The normalized spacial score (nSPS) is 11.9. The molecule has 9 heteroatoms. The Hall–Kier alpha value is -4.08. The van der Waals surface area contributed by atoms with E-state index in [0.29, 0.717) is 12.4 Å². The monoisotopic (exact) mass is 520 g/mol. The third-order valence-electron chi connectivity index (χ3n) is 6.47. The molecule has 38 heavy (non-hydrogen) atoms. The number of aliphatic hydroxyl groups is 1. The molecule has 0 unspecified atom stereocenters. The minimum absolute atomic E-state index is 0.0980. The van der Waals surface area contributed by atoms with Crippen LogP contribution in [-0.2, 0) is 17.9 Å². The summed E-state index contributed by atoms with van der Waals surface area (Å²) in [6.07, 6.45) is -0.364. The smallest absolute Gasteiger partial charge is 0.440 e. The number of nitrogens with one attached hydrogen (secondary N) is 1. The van der Waals surface area contributed by atoms with Crippen molar-refractivity contribution in [1.82, 2.24) is 9.72 Å². The van der Waals surface area contributed by atoms with Crippen molar-refractivity contribution in [3.8, 4) is 22.6 Å². The third-order valence-corrected chi connectivity index (χ3v) is 6.47. The number of hydrogen-bond acceptors (Lipinski definition) is 7. The number of hydrogen-bond donors (Lipinski definition) is 2. The number of nitrogens with zero attached hydrogens (tertiary/aromatic N) is 1. The van der Waals surface area contributed by atoms with Crippen LogP contribution in [0.3, 0.4) is 0 Å². The summed E-state index contributed by atoms with van der Waals surface area (Å²) in [5.74, 6) is 0.649. The van der Waals surface area contributed by atoms with Gasteiger partial charge in [0, 0.05) is 7.11 Å². The van der Waals surface area contributed by atoms with Gasteiger partial charge in [-0.2, -0.15) is 0 Å². The second-order valence-corrected chi connectivity index (χ2v) is 9.15. The maximum atomic E-state index is 11.6. The molecule has 0 radical (unpaired) electrons. The molecule has 0 saturated heterocycles. The van der Waals surface area contributed by atoms with Gasteiger partial charge in [-0.3, -0.25) is 0 Å². The van der Waals surface area contributed by atoms with Gasteiger partial charge in [0.2, 0.25) is 0 Å². The Morgan fingerprint density at radius 3 is 2.29 bits per heavy atom. The fourth-order valence-electron chi connectivity index (χ4n) is 4.36. The minimum Gasteiger partial charge on any atom is -0.491 e. The van der Waals surface area contributed by atoms with Crippen molar-refractivity contribution in [1.29, 1.82) is 0 Å². The van der Waals surface area contributed by atoms with E-state index in [1.165, 1.54) is 0 Å². The van der Waals surface area contributed by atoms with Gasteiger partial charge in [-0.15, -0.1) is 4.74 Å². The van der Waals surface area contributed by atoms with Gasteiger partial charge in [0.05, 0.1) is 13.2 Å². The Morgan fingerprint density at radius 1 is 0.974 bits per heavy atom. The Bertz CT molecular complexity index is 1470. The number of aryl methyl sites for hydroxylation is 2. The molecule has 0 spiro atoms. The first-order valence-electron chi connectivity index (χ1n) is 12.3. The standard InChI is InChI=1S/C29H32N2O7/c1-18-12-24(37-17-25(15-32)35-4)13-19(2)27(18)26-7-5-6-22(20(26)3)16-36-23-10-8-21(9-11-23)14-31-28(33)30-29(34)38-31/h5-13,25,32H,14-17H2,1-4H3,(H,30,33,34)/t25-/m0/s1. The van der Waals surface area contributed by atoms with Crippen LogP contribution in [0.1, 0.15) is 27.8 Å². The van der Waals surface area contributed by atoms with Crippen molar-refractivity contribution in [2.45, 2.75) is 40.0 Å². The Kier molecular flexibility index (Phi) is 8.50. The van der Waals surface area contributed by atoms with Gasteiger partial charge in [-0.05, 0) is 84.0 Å². The number of methoxy groups -OCH3 is 1. The molecular weight excluding hydrogens is 488 g/mol. The highest BCUT2D eigenvalue weighted by atomic mass is 16.5. The molecule has 0 amide bonds. The highest BCUT2D eigenvalue weighted by Crippen LogP contribution is 2.34. The number of aliphatic hydroxyl groups excluding tert-OH is 1. The molecule has 0 aliphatic heterocycles. The van der Waals surface area contributed by atoms with Gasteiger partial charge in [0.1, 0.15) is 30.8 Å². The van der Waals surface area contributed by atoms with E-state index in [1.54, 1.807) is 7.11 Å². The van der Waals surface area contributed by atoms with Crippen LogP contribution in [0.15, 0.2) is 68.7 Å². The average molecular weight is 521 g/mol. The van der Waals surface area contributed by atoms with Crippen molar-refractivity contribution in [3.05, 3.63) is 103 Å². The largest absolute Gasteiger partial charge is 0.491 e. The van der Waals surface area contributed by atoms with E-state index in [-0.39, 0.29) is 25.9 Å². The summed E-state index contributed by atoms with van der Waals surface area (Å²) in [7, 11) is 1.55. The second-order valence-electron chi connectivity index (χ2n) is 9.15. The molecule has 4 aromatic rings. The van der Waals surface area contributed by atoms with E-state index in [9.17, 15) is 14.7 Å². The van der Waals surface area contributed by atoms with Gasteiger partial charge in [-0.1, -0.05) is 30.3 Å². The number of aromatic amines is 1. The first kappa shape index (κ1) is 27.0. The maximum absolute atomic E-state index is 11.6. The Balaban J connectivity index is 1.46. The zero-order chi connectivity index (χ0) is 27.2. The lowest BCUT2D eigenvalue weighted by atomic mass is 9.90. The molecule has 9 nitrogen and oxygen atoms in total. The summed E-state index contributed by atoms with van der Waals surface area (Å²) in [5, 5.41) is 9.31.